The molecular weight excluding hydrogens is 434 g/mol. The summed E-state index contributed by atoms with van der Waals surface area (Å²) in [4.78, 5) is 50.9. The molecule has 1 aliphatic rings. The number of ether oxygens (including phenoxy) is 2. The Labute approximate surface area is 196 Å². The van der Waals surface area contributed by atoms with Crippen LogP contribution in [-0.2, 0) is 14.3 Å². The zero-order valence-electron chi connectivity index (χ0n) is 18.6. The Kier molecular flexibility index (Phi) is 6.82. The van der Waals surface area contributed by atoms with Gasteiger partial charge in [-0.1, -0.05) is 35.9 Å². The SMILES string of the molecule is Cc1ccc(N2C[C@H](C(=O)OCC(=O)c3ccc(OC(=O)c4ccccc4)cc3)CC2=O)cc1. The van der Waals surface area contributed by atoms with Crippen LogP contribution in [0.4, 0.5) is 5.69 Å². The normalized spacial score (nSPS) is 15.1. The van der Waals surface area contributed by atoms with Crippen LogP contribution in [-0.4, -0.2) is 36.8 Å². The first-order valence-electron chi connectivity index (χ1n) is 10.8. The molecule has 0 unspecified atom stereocenters. The molecule has 1 saturated heterocycles. The first-order chi connectivity index (χ1) is 16.4. The maximum atomic E-state index is 12.5. The Morgan fingerprint density at radius 1 is 0.882 bits per heavy atom. The summed E-state index contributed by atoms with van der Waals surface area (Å²) in [6.45, 7) is 1.74. The topological polar surface area (TPSA) is 90.0 Å². The van der Waals surface area contributed by atoms with Gasteiger partial charge in [0.25, 0.3) is 0 Å². The van der Waals surface area contributed by atoms with E-state index in [1.807, 2.05) is 31.2 Å². The second kappa shape index (κ2) is 10.1. The number of nitrogens with zero attached hydrogens (tertiary/aromatic N) is 1. The van der Waals surface area contributed by atoms with Crippen molar-refractivity contribution >= 4 is 29.3 Å². The molecule has 0 N–H and O–H groups in total. The first-order valence-corrected chi connectivity index (χ1v) is 10.8. The molecule has 7 nitrogen and oxygen atoms in total. The molecule has 0 aliphatic carbocycles. The maximum absolute atomic E-state index is 12.5. The molecule has 172 valence electrons. The van der Waals surface area contributed by atoms with Crippen LogP contribution in [0.25, 0.3) is 0 Å². The van der Waals surface area contributed by atoms with Crippen molar-refractivity contribution in [2.75, 3.05) is 18.1 Å². The van der Waals surface area contributed by atoms with Gasteiger partial charge in [-0.05, 0) is 55.5 Å². The summed E-state index contributed by atoms with van der Waals surface area (Å²) in [5.74, 6) is -1.96. The lowest BCUT2D eigenvalue weighted by molar-refractivity contribution is -0.147. The summed E-state index contributed by atoms with van der Waals surface area (Å²) >= 11 is 0. The van der Waals surface area contributed by atoms with Crippen molar-refractivity contribution in [2.24, 2.45) is 5.92 Å². The Morgan fingerprint density at radius 2 is 1.56 bits per heavy atom. The van der Waals surface area contributed by atoms with Crippen LogP contribution in [0, 0.1) is 12.8 Å². The number of rotatable bonds is 7. The van der Waals surface area contributed by atoms with Gasteiger partial charge in [0.2, 0.25) is 5.91 Å². The highest BCUT2D eigenvalue weighted by molar-refractivity contribution is 6.01. The van der Waals surface area contributed by atoms with Gasteiger partial charge >= 0.3 is 11.9 Å². The zero-order chi connectivity index (χ0) is 24.1. The molecule has 1 fully saturated rings. The molecule has 34 heavy (non-hydrogen) atoms. The van der Waals surface area contributed by atoms with Crippen LogP contribution in [0.15, 0.2) is 78.9 Å². The molecule has 3 aromatic rings. The molecule has 3 aromatic carbocycles. The van der Waals surface area contributed by atoms with Crippen molar-refractivity contribution in [3.05, 3.63) is 95.6 Å². The molecule has 0 bridgehead atoms. The number of Topliss-reactive ketones (excluding diaryl/α,β-unsaturated/α-hetero) is 1. The standard InChI is InChI=1S/C27H23NO6/c1-18-7-11-22(12-8-18)28-16-21(15-25(28)30)26(31)33-17-24(29)19-9-13-23(14-10-19)34-27(32)20-5-3-2-4-6-20/h2-14,21H,15-17H2,1H3/t21-/m1/s1. The number of hydrogen-bond donors (Lipinski definition) is 0. The van der Waals surface area contributed by atoms with E-state index >= 15 is 0 Å². The third-order valence-corrected chi connectivity index (χ3v) is 5.55. The first kappa shape index (κ1) is 22.9. The number of aryl methyl sites for hydroxylation is 1. The number of hydrogen-bond acceptors (Lipinski definition) is 6. The fraction of sp³-hybridized carbons (Fsp3) is 0.185. The summed E-state index contributed by atoms with van der Waals surface area (Å²) < 4.78 is 10.5. The van der Waals surface area contributed by atoms with Crippen molar-refractivity contribution in [3.8, 4) is 5.75 Å². The third kappa shape index (κ3) is 5.38. The van der Waals surface area contributed by atoms with Crippen molar-refractivity contribution in [3.63, 3.8) is 0 Å². The van der Waals surface area contributed by atoms with Gasteiger partial charge in [-0.25, -0.2) is 4.79 Å². The minimum absolute atomic E-state index is 0.0440. The van der Waals surface area contributed by atoms with E-state index in [2.05, 4.69) is 0 Å². The Morgan fingerprint density at radius 3 is 2.24 bits per heavy atom. The van der Waals surface area contributed by atoms with E-state index in [-0.39, 0.29) is 18.9 Å². The number of benzene rings is 3. The maximum Gasteiger partial charge on any atom is 0.343 e. The average Bonchev–Trinajstić information content (AvgIpc) is 3.25. The highest BCUT2D eigenvalue weighted by Crippen LogP contribution is 2.26. The molecular formula is C27H23NO6. The Bertz CT molecular complexity index is 1200. The molecule has 1 atom stereocenters. The minimum Gasteiger partial charge on any atom is -0.457 e. The highest BCUT2D eigenvalue weighted by Gasteiger charge is 2.36. The van der Waals surface area contributed by atoms with Crippen LogP contribution >= 0.6 is 0 Å². The van der Waals surface area contributed by atoms with Gasteiger partial charge in [0.05, 0.1) is 11.5 Å². The van der Waals surface area contributed by atoms with Gasteiger partial charge < -0.3 is 14.4 Å². The molecule has 0 saturated carbocycles. The monoisotopic (exact) mass is 457 g/mol. The van der Waals surface area contributed by atoms with Crippen molar-refractivity contribution in [2.45, 2.75) is 13.3 Å². The number of anilines is 1. The molecule has 0 spiro atoms. The van der Waals surface area contributed by atoms with Gasteiger partial charge in [-0.3, -0.25) is 14.4 Å². The second-order valence-corrected chi connectivity index (χ2v) is 8.05. The fourth-order valence-electron chi connectivity index (χ4n) is 3.63. The van der Waals surface area contributed by atoms with Crippen LogP contribution in [0.5, 0.6) is 5.75 Å². The summed E-state index contributed by atoms with van der Waals surface area (Å²) in [5, 5.41) is 0. The molecule has 0 aromatic heterocycles. The van der Waals surface area contributed by atoms with Gasteiger partial charge in [-0.15, -0.1) is 0 Å². The third-order valence-electron chi connectivity index (χ3n) is 5.55. The quantitative estimate of drug-likeness (QED) is 0.303. The molecule has 1 heterocycles. The minimum atomic E-state index is -0.624. The Hall–Kier alpha value is -4.26. The number of ketones is 1. The van der Waals surface area contributed by atoms with Crippen molar-refractivity contribution < 1.29 is 28.7 Å². The smallest absolute Gasteiger partial charge is 0.343 e. The summed E-state index contributed by atoms with van der Waals surface area (Å²) in [7, 11) is 0. The van der Waals surface area contributed by atoms with E-state index in [1.165, 1.54) is 24.3 Å². The molecule has 7 heteroatoms. The van der Waals surface area contributed by atoms with Gasteiger partial charge in [-0.2, -0.15) is 0 Å². The second-order valence-electron chi connectivity index (χ2n) is 8.05. The van der Waals surface area contributed by atoms with Crippen molar-refractivity contribution in [1.29, 1.82) is 0 Å². The predicted octanol–water partition coefficient (Wildman–Crippen LogP) is 3.99. The van der Waals surface area contributed by atoms with Crippen LogP contribution in [0.3, 0.4) is 0 Å². The molecule has 0 radical (unpaired) electrons. The predicted molar refractivity (Wildman–Crippen MR) is 125 cm³/mol. The largest absolute Gasteiger partial charge is 0.457 e. The number of carbonyl (C=O) groups excluding carboxylic acids is 4. The lowest BCUT2D eigenvalue weighted by Gasteiger charge is -2.16. The van der Waals surface area contributed by atoms with Crippen molar-refractivity contribution in [1.82, 2.24) is 0 Å². The highest BCUT2D eigenvalue weighted by atomic mass is 16.5. The molecule has 1 aliphatic heterocycles. The van der Waals surface area contributed by atoms with Gasteiger partial charge in [0.15, 0.2) is 12.4 Å². The van der Waals surface area contributed by atoms with Crippen LogP contribution < -0.4 is 9.64 Å². The summed E-state index contributed by atoms with van der Waals surface area (Å²) in [6, 6.07) is 22.1. The number of amides is 1. The van der Waals surface area contributed by atoms with E-state index in [1.54, 1.807) is 35.2 Å². The number of carbonyl (C=O) groups is 4. The summed E-state index contributed by atoms with van der Waals surface area (Å²) in [6.07, 6.45) is 0.0440. The van der Waals surface area contributed by atoms with E-state index in [4.69, 9.17) is 9.47 Å². The average molecular weight is 457 g/mol. The van der Waals surface area contributed by atoms with E-state index in [0.29, 0.717) is 16.9 Å². The number of esters is 2. The summed E-state index contributed by atoms with van der Waals surface area (Å²) in [5.41, 5.74) is 2.54. The van der Waals surface area contributed by atoms with Crippen LogP contribution in [0.1, 0.15) is 32.7 Å². The van der Waals surface area contributed by atoms with E-state index in [9.17, 15) is 19.2 Å². The van der Waals surface area contributed by atoms with Gasteiger partial charge in [0.1, 0.15) is 5.75 Å². The van der Waals surface area contributed by atoms with Gasteiger partial charge in [0, 0.05) is 24.2 Å². The van der Waals surface area contributed by atoms with E-state index < -0.39 is 30.2 Å². The molecule has 1 amide bonds. The molecule has 4 rings (SSSR count). The fourth-order valence-corrected chi connectivity index (χ4v) is 3.63. The van der Waals surface area contributed by atoms with Crippen LogP contribution in [0.2, 0.25) is 0 Å². The Balaban J connectivity index is 1.28. The lowest BCUT2D eigenvalue weighted by atomic mass is 10.1. The zero-order valence-corrected chi connectivity index (χ0v) is 18.6. The lowest BCUT2D eigenvalue weighted by Crippen LogP contribution is -2.27. The van der Waals surface area contributed by atoms with E-state index in [0.717, 1.165) is 11.3 Å².